The van der Waals surface area contributed by atoms with E-state index in [-0.39, 0.29) is 6.61 Å². The SMILES string of the molecule is CCC(CCN(CC)CCO)c1ccc2c(-c3ccc(Cl)cc3)nsc2c1. The van der Waals surface area contributed by atoms with E-state index in [9.17, 15) is 5.11 Å². The minimum atomic E-state index is 0.227. The van der Waals surface area contributed by atoms with Gasteiger partial charge < -0.3 is 10.0 Å². The lowest BCUT2D eigenvalue weighted by Gasteiger charge is -2.23. The van der Waals surface area contributed by atoms with Gasteiger partial charge in [0.2, 0.25) is 0 Å². The van der Waals surface area contributed by atoms with Crippen molar-refractivity contribution in [2.75, 3.05) is 26.2 Å². The molecule has 1 aromatic heterocycles. The standard InChI is InChI=1S/C22H27ClN2OS/c1-3-16(11-12-25(4-2)13-14-26)18-7-10-20-21(15-18)27-24-22(20)17-5-8-19(23)9-6-17/h5-10,15-16,26H,3-4,11-14H2,1-2H3. The summed E-state index contributed by atoms with van der Waals surface area (Å²) >= 11 is 7.58. The van der Waals surface area contributed by atoms with Gasteiger partial charge in [-0.3, -0.25) is 0 Å². The lowest BCUT2D eigenvalue weighted by atomic mass is 9.92. The highest BCUT2D eigenvalue weighted by Gasteiger charge is 2.15. The highest BCUT2D eigenvalue weighted by atomic mass is 35.5. The van der Waals surface area contributed by atoms with Crippen LogP contribution in [-0.4, -0.2) is 40.6 Å². The molecule has 0 aliphatic heterocycles. The zero-order valence-electron chi connectivity index (χ0n) is 16.0. The van der Waals surface area contributed by atoms with Gasteiger partial charge in [0.05, 0.1) is 17.0 Å². The summed E-state index contributed by atoms with van der Waals surface area (Å²) in [7, 11) is 0. The normalized spacial score (nSPS) is 12.8. The number of aromatic nitrogens is 1. The van der Waals surface area contributed by atoms with Gasteiger partial charge in [0.15, 0.2) is 0 Å². The number of rotatable bonds is 9. The van der Waals surface area contributed by atoms with Crippen LogP contribution in [0.15, 0.2) is 42.5 Å². The van der Waals surface area contributed by atoms with Crippen LogP contribution in [0, 0.1) is 0 Å². The quantitative estimate of drug-likeness (QED) is 0.490. The lowest BCUT2D eigenvalue weighted by Crippen LogP contribution is -2.28. The second kappa shape index (κ2) is 9.65. The topological polar surface area (TPSA) is 36.4 Å². The Balaban J connectivity index is 1.80. The molecule has 0 spiro atoms. The number of aliphatic hydroxyl groups is 1. The molecular formula is C22H27ClN2OS. The van der Waals surface area contributed by atoms with Crippen molar-refractivity contribution in [3.8, 4) is 11.3 Å². The molecule has 5 heteroatoms. The summed E-state index contributed by atoms with van der Waals surface area (Å²) in [6, 6.07) is 14.7. The van der Waals surface area contributed by atoms with E-state index in [1.807, 2.05) is 24.3 Å². The highest BCUT2D eigenvalue weighted by Crippen LogP contribution is 2.34. The van der Waals surface area contributed by atoms with E-state index in [2.05, 4.69) is 36.9 Å². The fourth-order valence-electron chi connectivity index (χ4n) is 3.54. The molecule has 3 nitrogen and oxygen atoms in total. The third kappa shape index (κ3) is 4.88. The minimum Gasteiger partial charge on any atom is -0.395 e. The van der Waals surface area contributed by atoms with Crippen molar-refractivity contribution in [2.24, 2.45) is 0 Å². The molecule has 0 bridgehead atoms. The maximum atomic E-state index is 9.18. The van der Waals surface area contributed by atoms with Crippen molar-refractivity contribution in [1.82, 2.24) is 9.27 Å². The van der Waals surface area contributed by atoms with Crippen molar-refractivity contribution in [1.29, 1.82) is 0 Å². The number of aliphatic hydroxyl groups excluding tert-OH is 1. The molecule has 0 saturated heterocycles. The fourth-order valence-corrected chi connectivity index (χ4v) is 4.51. The average molecular weight is 403 g/mol. The van der Waals surface area contributed by atoms with Crippen LogP contribution in [0.1, 0.15) is 38.2 Å². The molecule has 1 heterocycles. The molecule has 0 aliphatic carbocycles. The maximum absolute atomic E-state index is 9.18. The number of nitrogens with zero attached hydrogens (tertiary/aromatic N) is 2. The van der Waals surface area contributed by atoms with Gasteiger partial charge in [0.1, 0.15) is 0 Å². The zero-order valence-corrected chi connectivity index (χ0v) is 17.6. The van der Waals surface area contributed by atoms with Gasteiger partial charge in [-0.1, -0.05) is 49.7 Å². The Bertz CT molecular complexity index is 862. The first-order valence-electron chi connectivity index (χ1n) is 9.64. The summed E-state index contributed by atoms with van der Waals surface area (Å²) in [5.74, 6) is 0.531. The number of fused-ring (bicyclic) bond motifs is 1. The molecule has 27 heavy (non-hydrogen) atoms. The van der Waals surface area contributed by atoms with Crippen molar-refractivity contribution < 1.29 is 5.11 Å². The highest BCUT2D eigenvalue weighted by molar-refractivity contribution is 7.13. The molecule has 3 aromatic rings. The van der Waals surface area contributed by atoms with E-state index in [0.29, 0.717) is 5.92 Å². The zero-order chi connectivity index (χ0) is 19.2. The predicted molar refractivity (Wildman–Crippen MR) is 117 cm³/mol. The van der Waals surface area contributed by atoms with Gasteiger partial charge in [-0.05, 0) is 67.1 Å². The molecule has 1 atom stereocenters. The monoisotopic (exact) mass is 402 g/mol. The van der Waals surface area contributed by atoms with Crippen LogP contribution < -0.4 is 0 Å². The summed E-state index contributed by atoms with van der Waals surface area (Å²) in [5.41, 5.74) is 3.52. The smallest absolute Gasteiger partial charge is 0.0919 e. The van der Waals surface area contributed by atoms with Crippen LogP contribution in [-0.2, 0) is 0 Å². The van der Waals surface area contributed by atoms with Crippen LogP contribution in [0.3, 0.4) is 0 Å². The molecule has 3 rings (SSSR count). The van der Waals surface area contributed by atoms with E-state index in [1.165, 1.54) is 15.6 Å². The Kier molecular flexibility index (Phi) is 7.25. The lowest BCUT2D eigenvalue weighted by molar-refractivity contribution is 0.197. The first kappa shape index (κ1) is 20.3. The largest absolute Gasteiger partial charge is 0.395 e. The van der Waals surface area contributed by atoms with Crippen molar-refractivity contribution in [3.05, 3.63) is 53.1 Å². The summed E-state index contributed by atoms with van der Waals surface area (Å²) in [6.45, 7) is 7.39. The van der Waals surface area contributed by atoms with E-state index >= 15 is 0 Å². The fraction of sp³-hybridized carbons (Fsp3) is 0.409. The molecular weight excluding hydrogens is 376 g/mol. The van der Waals surface area contributed by atoms with Gasteiger partial charge in [-0.25, -0.2) is 0 Å². The van der Waals surface area contributed by atoms with Crippen LogP contribution in [0.25, 0.3) is 21.3 Å². The average Bonchev–Trinajstić information content (AvgIpc) is 3.11. The molecule has 0 aliphatic rings. The maximum Gasteiger partial charge on any atom is 0.0919 e. The van der Waals surface area contributed by atoms with Crippen molar-refractivity contribution in [3.63, 3.8) is 0 Å². The van der Waals surface area contributed by atoms with Crippen molar-refractivity contribution >= 4 is 33.2 Å². The second-order valence-corrected chi connectivity index (χ2v) is 8.09. The molecule has 144 valence electrons. The van der Waals surface area contributed by atoms with Crippen LogP contribution in [0.2, 0.25) is 5.02 Å². The number of halogens is 1. The molecule has 0 saturated carbocycles. The van der Waals surface area contributed by atoms with Gasteiger partial charge >= 0.3 is 0 Å². The predicted octanol–water partition coefficient (Wildman–Crippen LogP) is 5.81. The minimum absolute atomic E-state index is 0.227. The first-order valence-corrected chi connectivity index (χ1v) is 10.8. The second-order valence-electron chi connectivity index (χ2n) is 6.85. The molecule has 2 aromatic carbocycles. The molecule has 0 amide bonds. The van der Waals surface area contributed by atoms with Crippen LogP contribution >= 0.6 is 23.1 Å². The molecule has 1 N–H and O–H groups in total. The third-order valence-electron chi connectivity index (χ3n) is 5.24. The van der Waals surface area contributed by atoms with Crippen molar-refractivity contribution in [2.45, 2.75) is 32.6 Å². The van der Waals surface area contributed by atoms with Gasteiger partial charge in [0, 0.05) is 22.5 Å². The summed E-state index contributed by atoms with van der Waals surface area (Å²) in [6.07, 6.45) is 2.23. The third-order valence-corrected chi connectivity index (χ3v) is 6.30. The Hall–Kier alpha value is -1.46. The number of likely N-dealkylation sites (N-methyl/N-ethyl adjacent to an activating group) is 1. The Morgan fingerprint density at radius 3 is 2.56 bits per heavy atom. The summed E-state index contributed by atoms with van der Waals surface area (Å²) in [4.78, 5) is 2.31. The van der Waals surface area contributed by atoms with E-state index in [1.54, 1.807) is 11.5 Å². The Morgan fingerprint density at radius 2 is 1.89 bits per heavy atom. The van der Waals surface area contributed by atoms with Gasteiger partial charge in [-0.2, -0.15) is 4.37 Å². The molecule has 0 fully saturated rings. The van der Waals surface area contributed by atoms with E-state index in [0.717, 1.165) is 48.8 Å². The van der Waals surface area contributed by atoms with E-state index < -0.39 is 0 Å². The number of benzene rings is 2. The summed E-state index contributed by atoms with van der Waals surface area (Å²) in [5, 5.41) is 11.1. The molecule has 1 unspecified atom stereocenters. The molecule has 0 radical (unpaired) electrons. The van der Waals surface area contributed by atoms with Crippen LogP contribution in [0.5, 0.6) is 0 Å². The number of hydrogen-bond donors (Lipinski definition) is 1. The number of hydrogen-bond acceptors (Lipinski definition) is 4. The first-order chi connectivity index (χ1) is 13.2. The Morgan fingerprint density at radius 1 is 1.11 bits per heavy atom. The Labute approximate surface area is 170 Å². The van der Waals surface area contributed by atoms with Crippen LogP contribution in [0.4, 0.5) is 0 Å². The van der Waals surface area contributed by atoms with E-state index in [4.69, 9.17) is 16.0 Å². The summed E-state index contributed by atoms with van der Waals surface area (Å²) < 4.78 is 5.93. The van der Waals surface area contributed by atoms with Gasteiger partial charge in [-0.15, -0.1) is 0 Å². The van der Waals surface area contributed by atoms with Gasteiger partial charge in [0.25, 0.3) is 0 Å².